The number of rotatable bonds is 2. The van der Waals surface area contributed by atoms with E-state index >= 15 is 0 Å². The number of likely N-dealkylation sites (tertiary alicyclic amines) is 1. The maximum absolute atomic E-state index is 11.4. The van der Waals surface area contributed by atoms with Crippen molar-refractivity contribution in [2.24, 2.45) is 0 Å². The van der Waals surface area contributed by atoms with Gasteiger partial charge in [0.2, 0.25) is 0 Å². The molecule has 0 unspecified atom stereocenters. The van der Waals surface area contributed by atoms with Crippen LogP contribution in [0.1, 0.15) is 4.88 Å². The van der Waals surface area contributed by atoms with Gasteiger partial charge in [0.1, 0.15) is 6.10 Å². The third-order valence-electron chi connectivity index (χ3n) is 2.26. The van der Waals surface area contributed by atoms with Crippen LogP contribution in [0.25, 0.3) is 0 Å². The number of carbonyl (C=O) groups excluding carboxylic acids is 1. The van der Waals surface area contributed by atoms with E-state index in [1.807, 2.05) is 17.5 Å². The molecular formula is C9H11NO3S. The fourth-order valence-electron chi connectivity index (χ4n) is 1.50. The smallest absolute Gasteiger partial charge is 0.254 e. The van der Waals surface area contributed by atoms with Crippen molar-refractivity contribution >= 4 is 17.2 Å². The minimum absolute atomic E-state index is 0.220. The molecule has 76 valence electrons. The Hall–Kier alpha value is -0.910. The minimum atomic E-state index is -1.24. The maximum atomic E-state index is 11.4. The second kappa shape index (κ2) is 3.68. The summed E-state index contributed by atoms with van der Waals surface area (Å²) in [6.45, 7) is 0.697. The van der Waals surface area contributed by atoms with E-state index in [4.69, 9.17) is 0 Å². The van der Waals surface area contributed by atoms with Crippen LogP contribution in [0.4, 0.5) is 0 Å². The fourth-order valence-corrected chi connectivity index (χ4v) is 2.22. The van der Waals surface area contributed by atoms with Crippen LogP contribution in [0, 0.1) is 0 Å². The van der Waals surface area contributed by atoms with Crippen LogP contribution in [-0.2, 0) is 11.3 Å². The Kier molecular flexibility index (Phi) is 2.54. The number of β-amino-alcohol motifs (C(OH)–C–C–N with tert-alkyl or cyclic N) is 1. The molecule has 0 aliphatic carbocycles. The largest absolute Gasteiger partial charge is 0.388 e. The molecule has 1 aromatic heterocycles. The lowest BCUT2D eigenvalue weighted by Crippen LogP contribution is -2.29. The average molecular weight is 213 g/mol. The van der Waals surface area contributed by atoms with Gasteiger partial charge in [0.05, 0.1) is 13.1 Å². The Morgan fingerprint density at radius 3 is 2.86 bits per heavy atom. The van der Waals surface area contributed by atoms with Crippen molar-refractivity contribution in [3.8, 4) is 0 Å². The highest BCUT2D eigenvalue weighted by atomic mass is 32.1. The zero-order valence-corrected chi connectivity index (χ0v) is 8.28. The highest BCUT2D eigenvalue weighted by Gasteiger charge is 2.37. The van der Waals surface area contributed by atoms with Crippen LogP contribution in [0.2, 0.25) is 0 Å². The zero-order valence-electron chi connectivity index (χ0n) is 7.46. The topological polar surface area (TPSA) is 60.8 Å². The van der Waals surface area contributed by atoms with Crippen molar-refractivity contribution in [2.75, 3.05) is 6.54 Å². The van der Waals surface area contributed by atoms with Crippen molar-refractivity contribution in [1.29, 1.82) is 0 Å². The van der Waals surface area contributed by atoms with Crippen molar-refractivity contribution in [1.82, 2.24) is 4.90 Å². The summed E-state index contributed by atoms with van der Waals surface area (Å²) in [5, 5.41) is 20.4. The molecule has 14 heavy (non-hydrogen) atoms. The van der Waals surface area contributed by atoms with E-state index in [-0.39, 0.29) is 12.5 Å². The molecule has 1 amide bonds. The van der Waals surface area contributed by atoms with Gasteiger partial charge in [-0.15, -0.1) is 11.3 Å². The molecule has 2 heterocycles. The van der Waals surface area contributed by atoms with Gasteiger partial charge in [0.15, 0.2) is 6.10 Å². The number of nitrogens with zero attached hydrogens (tertiary/aromatic N) is 1. The van der Waals surface area contributed by atoms with E-state index in [1.165, 1.54) is 4.90 Å². The number of hydrogen-bond donors (Lipinski definition) is 2. The van der Waals surface area contributed by atoms with Gasteiger partial charge in [-0.25, -0.2) is 0 Å². The number of thiophene rings is 1. The predicted octanol–water partition coefficient (Wildman–Crippen LogP) is -0.188. The predicted molar refractivity (Wildman–Crippen MR) is 51.7 cm³/mol. The van der Waals surface area contributed by atoms with E-state index < -0.39 is 12.2 Å². The first-order valence-corrected chi connectivity index (χ1v) is 5.24. The SMILES string of the molecule is O=C1[C@H](O)[C@H](O)CN1Cc1cccs1. The molecule has 1 aliphatic rings. The fraction of sp³-hybridized carbons (Fsp3) is 0.444. The Balaban J connectivity index is 2.04. The van der Waals surface area contributed by atoms with Gasteiger partial charge in [-0.05, 0) is 11.4 Å². The molecule has 2 N–H and O–H groups in total. The monoisotopic (exact) mass is 213 g/mol. The van der Waals surface area contributed by atoms with Crippen molar-refractivity contribution < 1.29 is 15.0 Å². The van der Waals surface area contributed by atoms with E-state index in [1.54, 1.807) is 11.3 Å². The highest BCUT2D eigenvalue weighted by Crippen LogP contribution is 2.18. The average Bonchev–Trinajstić information content (AvgIpc) is 2.73. The first kappa shape index (κ1) is 9.64. The number of carbonyl (C=O) groups is 1. The number of aliphatic hydroxyl groups excluding tert-OH is 2. The van der Waals surface area contributed by atoms with E-state index in [0.29, 0.717) is 6.54 Å². The molecule has 2 rings (SSSR count). The summed E-state index contributed by atoms with van der Waals surface area (Å²) in [4.78, 5) is 13.9. The van der Waals surface area contributed by atoms with Crippen LogP contribution >= 0.6 is 11.3 Å². The van der Waals surface area contributed by atoms with Crippen molar-refractivity contribution in [3.05, 3.63) is 22.4 Å². The third-order valence-corrected chi connectivity index (χ3v) is 3.12. The van der Waals surface area contributed by atoms with Crippen LogP contribution in [0.5, 0.6) is 0 Å². The van der Waals surface area contributed by atoms with Crippen LogP contribution in [0.15, 0.2) is 17.5 Å². The first-order chi connectivity index (χ1) is 6.68. The molecule has 0 saturated carbocycles. The molecule has 0 bridgehead atoms. The van der Waals surface area contributed by atoms with Gasteiger partial charge in [0.25, 0.3) is 5.91 Å². The summed E-state index contributed by atoms with van der Waals surface area (Å²) < 4.78 is 0. The summed E-state index contributed by atoms with van der Waals surface area (Å²) in [6.07, 6.45) is -2.18. The van der Waals surface area contributed by atoms with Gasteiger partial charge in [-0.2, -0.15) is 0 Å². The highest BCUT2D eigenvalue weighted by molar-refractivity contribution is 7.09. The summed E-state index contributed by atoms with van der Waals surface area (Å²) in [5.41, 5.74) is 0. The summed E-state index contributed by atoms with van der Waals surface area (Å²) >= 11 is 1.56. The van der Waals surface area contributed by atoms with Crippen molar-refractivity contribution in [3.63, 3.8) is 0 Å². The standard InChI is InChI=1S/C9H11NO3S/c11-7-5-10(9(13)8(7)12)4-6-2-1-3-14-6/h1-3,7-8,11-12H,4-5H2/t7-,8-/m1/s1. The van der Waals surface area contributed by atoms with Gasteiger partial charge in [-0.1, -0.05) is 6.07 Å². The zero-order chi connectivity index (χ0) is 10.1. The molecule has 1 aliphatic heterocycles. The van der Waals surface area contributed by atoms with Crippen molar-refractivity contribution in [2.45, 2.75) is 18.8 Å². The molecular weight excluding hydrogens is 202 g/mol. The van der Waals surface area contributed by atoms with Gasteiger partial charge >= 0.3 is 0 Å². The molecule has 0 aromatic carbocycles. The van der Waals surface area contributed by atoms with Crippen LogP contribution < -0.4 is 0 Å². The van der Waals surface area contributed by atoms with E-state index in [9.17, 15) is 15.0 Å². The Bertz CT molecular complexity index is 325. The van der Waals surface area contributed by atoms with E-state index in [2.05, 4.69) is 0 Å². The molecule has 1 fully saturated rings. The van der Waals surface area contributed by atoms with Crippen LogP contribution in [-0.4, -0.2) is 39.8 Å². The molecule has 1 saturated heterocycles. The molecule has 0 spiro atoms. The molecule has 2 atom stereocenters. The molecule has 1 aromatic rings. The summed E-state index contributed by atoms with van der Waals surface area (Å²) in [7, 11) is 0. The van der Waals surface area contributed by atoms with Crippen LogP contribution in [0.3, 0.4) is 0 Å². The second-order valence-electron chi connectivity index (χ2n) is 3.31. The Morgan fingerprint density at radius 2 is 2.36 bits per heavy atom. The third kappa shape index (κ3) is 1.66. The summed E-state index contributed by atoms with van der Waals surface area (Å²) in [6, 6.07) is 3.84. The first-order valence-electron chi connectivity index (χ1n) is 4.36. The van der Waals surface area contributed by atoms with Gasteiger partial charge in [0, 0.05) is 4.88 Å². The lowest BCUT2D eigenvalue weighted by atomic mass is 10.3. The second-order valence-corrected chi connectivity index (χ2v) is 4.34. The van der Waals surface area contributed by atoms with Gasteiger partial charge in [-0.3, -0.25) is 4.79 Å². The van der Waals surface area contributed by atoms with Gasteiger partial charge < -0.3 is 15.1 Å². The number of aliphatic hydroxyl groups is 2. The molecule has 0 radical (unpaired) electrons. The lowest BCUT2D eigenvalue weighted by molar-refractivity contribution is -0.136. The number of amides is 1. The Morgan fingerprint density at radius 1 is 1.57 bits per heavy atom. The maximum Gasteiger partial charge on any atom is 0.254 e. The molecule has 5 heteroatoms. The minimum Gasteiger partial charge on any atom is -0.388 e. The lowest BCUT2D eigenvalue weighted by Gasteiger charge is -2.13. The molecule has 4 nitrogen and oxygen atoms in total. The quantitative estimate of drug-likeness (QED) is 0.716. The normalized spacial score (nSPS) is 27.3. The summed E-state index contributed by atoms with van der Waals surface area (Å²) in [5.74, 6) is -0.383. The van der Waals surface area contributed by atoms with E-state index in [0.717, 1.165) is 4.88 Å². The Labute approximate surface area is 85.4 Å². The number of hydrogen-bond acceptors (Lipinski definition) is 4.